The van der Waals surface area contributed by atoms with Crippen LogP contribution < -0.4 is 4.74 Å². The molecule has 2 nitrogen and oxygen atoms in total. The van der Waals surface area contributed by atoms with Crippen LogP contribution >= 0.6 is 15.9 Å². The van der Waals surface area contributed by atoms with Crippen LogP contribution in [0, 0.1) is 18.6 Å². The van der Waals surface area contributed by atoms with Crippen molar-refractivity contribution in [1.82, 2.24) is 0 Å². The fourth-order valence-corrected chi connectivity index (χ4v) is 2.48. The van der Waals surface area contributed by atoms with Crippen molar-refractivity contribution in [1.29, 1.82) is 0 Å². The summed E-state index contributed by atoms with van der Waals surface area (Å²) in [6.07, 6.45) is 0.680. The summed E-state index contributed by atoms with van der Waals surface area (Å²) in [5.74, 6) is -0.911. The van der Waals surface area contributed by atoms with Gasteiger partial charge in [0.1, 0.15) is 24.0 Å². The lowest BCUT2D eigenvalue weighted by Crippen LogP contribution is -2.01. The largest absolute Gasteiger partial charge is 0.488 e. The van der Waals surface area contributed by atoms with Crippen molar-refractivity contribution in [2.75, 3.05) is 0 Å². The van der Waals surface area contributed by atoms with Crippen LogP contribution in [0.1, 0.15) is 21.5 Å². The third-order valence-electron chi connectivity index (χ3n) is 2.70. The maximum Gasteiger partial charge on any atom is 0.153 e. The van der Waals surface area contributed by atoms with E-state index in [2.05, 4.69) is 15.9 Å². The summed E-state index contributed by atoms with van der Waals surface area (Å²) in [4.78, 5) is 11.0. The minimum Gasteiger partial charge on any atom is -0.488 e. The Balaban J connectivity index is 2.24. The lowest BCUT2D eigenvalue weighted by atomic mass is 10.1. The topological polar surface area (TPSA) is 26.3 Å². The number of halogens is 3. The Labute approximate surface area is 123 Å². The minimum atomic E-state index is -0.660. The normalized spacial score (nSPS) is 10.4. The zero-order valence-electron chi connectivity index (χ0n) is 10.6. The van der Waals surface area contributed by atoms with E-state index >= 15 is 0 Å². The zero-order chi connectivity index (χ0) is 14.7. The first-order valence-corrected chi connectivity index (χ1v) is 6.62. The van der Waals surface area contributed by atoms with Crippen molar-refractivity contribution >= 4 is 22.2 Å². The Hall–Kier alpha value is -1.75. The average molecular weight is 341 g/mol. The number of carbonyl (C=O) groups is 1. The van der Waals surface area contributed by atoms with E-state index in [9.17, 15) is 13.6 Å². The molecule has 0 amide bonds. The van der Waals surface area contributed by atoms with Gasteiger partial charge < -0.3 is 4.74 Å². The number of benzene rings is 2. The second-order valence-corrected chi connectivity index (χ2v) is 5.24. The van der Waals surface area contributed by atoms with Crippen LogP contribution in [0.3, 0.4) is 0 Å². The molecule has 0 radical (unpaired) electrons. The van der Waals surface area contributed by atoms with Gasteiger partial charge in [0.2, 0.25) is 0 Å². The number of hydrogen-bond acceptors (Lipinski definition) is 2. The third kappa shape index (κ3) is 3.42. The van der Waals surface area contributed by atoms with Crippen LogP contribution in [0.25, 0.3) is 0 Å². The molecule has 2 aromatic rings. The van der Waals surface area contributed by atoms with E-state index in [-0.39, 0.29) is 6.61 Å². The van der Waals surface area contributed by atoms with Crippen LogP contribution in [0.15, 0.2) is 34.8 Å². The van der Waals surface area contributed by atoms with Gasteiger partial charge in [0, 0.05) is 10.5 Å². The summed E-state index contributed by atoms with van der Waals surface area (Å²) in [5.41, 5.74) is 1.51. The van der Waals surface area contributed by atoms with Crippen LogP contribution in [-0.2, 0) is 6.61 Å². The monoisotopic (exact) mass is 340 g/mol. The quantitative estimate of drug-likeness (QED) is 0.769. The summed E-state index contributed by atoms with van der Waals surface area (Å²) in [6, 6.07) is 6.61. The van der Waals surface area contributed by atoms with Gasteiger partial charge in [0.05, 0.1) is 5.56 Å². The Morgan fingerprint density at radius 3 is 2.40 bits per heavy atom. The fraction of sp³-hybridized carbons (Fsp3) is 0.133. The molecule has 0 atom stereocenters. The molecule has 2 aromatic carbocycles. The number of carbonyl (C=O) groups excluding carboxylic acids is 1. The first-order chi connectivity index (χ1) is 9.49. The van der Waals surface area contributed by atoms with Crippen molar-refractivity contribution in [3.05, 3.63) is 63.1 Å². The number of ether oxygens (including phenoxy) is 1. The van der Waals surface area contributed by atoms with E-state index in [0.29, 0.717) is 23.2 Å². The van der Waals surface area contributed by atoms with Gasteiger partial charge >= 0.3 is 0 Å². The van der Waals surface area contributed by atoms with Gasteiger partial charge in [-0.15, -0.1) is 0 Å². The smallest absolute Gasteiger partial charge is 0.153 e. The molecule has 0 bridgehead atoms. The highest BCUT2D eigenvalue weighted by Crippen LogP contribution is 2.27. The zero-order valence-corrected chi connectivity index (χ0v) is 12.2. The third-order valence-corrected chi connectivity index (χ3v) is 3.16. The maximum absolute atomic E-state index is 13.1. The van der Waals surface area contributed by atoms with E-state index in [0.717, 1.165) is 16.1 Å². The van der Waals surface area contributed by atoms with Crippen LogP contribution in [0.5, 0.6) is 5.75 Å². The molecule has 20 heavy (non-hydrogen) atoms. The maximum atomic E-state index is 13.1. The van der Waals surface area contributed by atoms with E-state index < -0.39 is 11.6 Å². The highest BCUT2D eigenvalue weighted by atomic mass is 79.9. The first kappa shape index (κ1) is 14.7. The van der Waals surface area contributed by atoms with Crippen molar-refractivity contribution in [3.8, 4) is 5.75 Å². The van der Waals surface area contributed by atoms with Crippen LogP contribution in [0.4, 0.5) is 8.78 Å². The SMILES string of the molecule is Cc1cc(Br)cc(C=O)c1OCc1cc(F)cc(F)c1. The Morgan fingerprint density at radius 2 is 1.80 bits per heavy atom. The number of hydrogen-bond donors (Lipinski definition) is 0. The van der Waals surface area contributed by atoms with Crippen molar-refractivity contribution < 1.29 is 18.3 Å². The molecule has 0 fully saturated rings. The molecule has 0 N–H and O–H groups in total. The minimum absolute atomic E-state index is 0.0159. The van der Waals surface area contributed by atoms with E-state index in [1.54, 1.807) is 19.1 Å². The summed E-state index contributed by atoms with van der Waals surface area (Å²) < 4.78 is 32.4. The van der Waals surface area contributed by atoms with Gasteiger partial charge in [-0.1, -0.05) is 15.9 Å². The van der Waals surface area contributed by atoms with Crippen molar-refractivity contribution in [2.45, 2.75) is 13.5 Å². The molecule has 0 heterocycles. The van der Waals surface area contributed by atoms with Crippen LogP contribution in [-0.4, -0.2) is 6.29 Å². The standard InChI is InChI=1S/C15H11BrF2O2/c1-9-2-12(16)5-11(7-19)15(9)20-8-10-3-13(17)6-14(18)4-10/h2-7H,8H2,1H3. The lowest BCUT2D eigenvalue weighted by Gasteiger charge is -2.12. The van der Waals surface area contributed by atoms with Gasteiger partial charge in [-0.3, -0.25) is 4.79 Å². The highest BCUT2D eigenvalue weighted by Gasteiger charge is 2.09. The summed E-state index contributed by atoms with van der Waals surface area (Å²) in [5, 5.41) is 0. The predicted octanol–water partition coefficient (Wildman–Crippen LogP) is 4.43. The van der Waals surface area contributed by atoms with E-state index in [4.69, 9.17) is 4.74 Å². The van der Waals surface area contributed by atoms with E-state index in [1.165, 1.54) is 12.1 Å². The summed E-state index contributed by atoms with van der Waals surface area (Å²) in [7, 11) is 0. The number of aryl methyl sites for hydroxylation is 1. The Kier molecular flexibility index (Phi) is 4.49. The summed E-state index contributed by atoms with van der Waals surface area (Å²) in [6.45, 7) is 1.78. The summed E-state index contributed by atoms with van der Waals surface area (Å²) >= 11 is 3.29. The van der Waals surface area contributed by atoms with Gasteiger partial charge in [-0.25, -0.2) is 8.78 Å². The van der Waals surface area contributed by atoms with Gasteiger partial charge in [0.15, 0.2) is 6.29 Å². The van der Waals surface area contributed by atoms with Crippen LogP contribution in [0.2, 0.25) is 0 Å². The number of aldehydes is 1. The van der Waals surface area contributed by atoms with Crippen molar-refractivity contribution in [3.63, 3.8) is 0 Å². The van der Waals surface area contributed by atoms with Gasteiger partial charge in [0.25, 0.3) is 0 Å². The van der Waals surface area contributed by atoms with E-state index in [1.807, 2.05) is 0 Å². The molecule has 0 saturated heterocycles. The number of rotatable bonds is 4. The van der Waals surface area contributed by atoms with Crippen molar-refractivity contribution in [2.24, 2.45) is 0 Å². The molecule has 0 unspecified atom stereocenters. The highest BCUT2D eigenvalue weighted by molar-refractivity contribution is 9.10. The molecule has 0 saturated carbocycles. The molecule has 0 aliphatic rings. The first-order valence-electron chi connectivity index (χ1n) is 5.82. The molecule has 2 rings (SSSR count). The lowest BCUT2D eigenvalue weighted by molar-refractivity contribution is 0.111. The fourth-order valence-electron chi connectivity index (χ4n) is 1.89. The Bertz CT molecular complexity index is 636. The molecule has 0 aromatic heterocycles. The average Bonchev–Trinajstić information content (AvgIpc) is 2.35. The molecular formula is C15H11BrF2O2. The molecule has 5 heteroatoms. The molecule has 104 valence electrons. The Morgan fingerprint density at radius 1 is 1.15 bits per heavy atom. The molecule has 0 aliphatic carbocycles. The predicted molar refractivity (Wildman–Crippen MR) is 75.0 cm³/mol. The molecular weight excluding hydrogens is 330 g/mol. The second-order valence-electron chi connectivity index (χ2n) is 4.33. The second kappa shape index (κ2) is 6.13. The van der Waals surface area contributed by atoms with Gasteiger partial charge in [-0.2, -0.15) is 0 Å². The molecule has 0 aliphatic heterocycles. The van der Waals surface area contributed by atoms with Gasteiger partial charge in [-0.05, 0) is 42.3 Å². The molecule has 0 spiro atoms.